The number of hydrogen-bond donors (Lipinski definition) is 1. The lowest BCUT2D eigenvalue weighted by Gasteiger charge is -2.37. The molecule has 0 bridgehead atoms. The highest BCUT2D eigenvalue weighted by molar-refractivity contribution is 7.55. The molecule has 0 aromatic heterocycles. The molecular weight excluding hydrogens is 357 g/mol. The van der Waals surface area contributed by atoms with Gasteiger partial charge in [0.1, 0.15) is 0 Å². The zero-order chi connectivity index (χ0) is 18.9. The van der Waals surface area contributed by atoms with Gasteiger partial charge < -0.3 is 9.05 Å². The van der Waals surface area contributed by atoms with Gasteiger partial charge in [-0.15, -0.1) is 0 Å². The van der Waals surface area contributed by atoms with Crippen molar-refractivity contribution in [2.24, 2.45) is 0 Å². The first kappa shape index (κ1) is 18.1. The molecule has 0 atom stereocenters. The lowest BCUT2D eigenvalue weighted by Crippen LogP contribution is -2.42. The predicted molar refractivity (Wildman–Crippen MR) is 108 cm³/mol. The van der Waals surface area contributed by atoms with E-state index in [1.807, 2.05) is 66.7 Å². The molecule has 5 heteroatoms. The summed E-state index contributed by atoms with van der Waals surface area (Å²) in [6, 6.07) is 26.0. The summed E-state index contributed by atoms with van der Waals surface area (Å²) in [7, 11) is -0.684. The molecule has 0 saturated carbocycles. The molecule has 3 aromatic rings. The Kier molecular flexibility index (Phi) is 4.75. The maximum atomic E-state index is 13.9. The second kappa shape index (κ2) is 7.06. The van der Waals surface area contributed by atoms with Gasteiger partial charge >= 0.3 is 7.60 Å². The van der Waals surface area contributed by atoms with E-state index >= 15 is 0 Å². The normalized spacial score (nSPS) is 14.6. The molecule has 0 radical (unpaired) electrons. The number of fused-ring (bicyclic) bond motifs is 3. The van der Waals surface area contributed by atoms with Crippen LogP contribution >= 0.6 is 7.60 Å². The highest BCUT2D eigenvalue weighted by Gasteiger charge is 2.57. The monoisotopic (exact) mass is 379 g/mol. The van der Waals surface area contributed by atoms with Gasteiger partial charge in [0.2, 0.25) is 0 Å². The van der Waals surface area contributed by atoms with Crippen molar-refractivity contribution >= 4 is 7.60 Å². The average Bonchev–Trinajstić information content (AvgIpc) is 3.04. The Morgan fingerprint density at radius 1 is 0.778 bits per heavy atom. The van der Waals surface area contributed by atoms with Gasteiger partial charge in [-0.2, -0.15) is 0 Å². The van der Waals surface area contributed by atoms with Crippen LogP contribution in [0.3, 0.4) is 0 Å². The lowest BCUT2D eigenvalue weighted by molar-refractivity contribution is 0.242. The number of nitrogens with one attached hydrogen (secondary N) is 1. The maximum Gasteiger partial charge on any atom is 0.359 e. The van der Waals surface area contributed by atoms with Gasteiger partial charge in [0.05, 0.1) is 0 Å². The first-order chi connectivity index (χ1) is 13.2. The van der Waals surface area contributed by atoms with E-state index in [4.69, 9.17) is 9.05 Å². The Morgan fingerprint density at radius 3 is 1.78 bits per heavy atom. The summed E-state index contributed by atoms with van der Waals surface area (Å²) < 4.78 is 25.0. The highest BCUT2D eigenvalue weighted by atomic mass is 31.2. The molecule has 0 aliphatic heterocycles. The van der Waals surface area contributed by atoms with E-state index in [2.05, 4.69) is 17.4 Å². The van der Waals surface area contributed by atoms with Crippen molar-refractivity contribution in [3.05, 3.63) is 95.6 Å². The van der Waals surface area contributed by atoms with E-state index in [0.717, 1.165) is 27.8 Å². The molecule has 27 heavy (non-hydrogen) atoms. The van der Waals surface area contributed by atoms with E-state index in [0.29, 0.717) is 6.54 Å². The number of benzene rings is 3. The SMILES string of the molecule is COP(=O)(OC)C1(NCc2ccccc2)c2ccccc2-c2ccccc21. The molecule has 3 aromatic carbocycles. The van der Waals surface area contributed by atoms with Gasteiger partial charge in [0.25, 0.3) is 0 Å². The fourth-order valence-corrected chi connectivity index (χ4v) is 5.92. The molecular formula is C22H22NO3P. The molecule has 4 rings (SSSR count). The number of rotatable bonds is 6. The first-order valence-corrected chi connectivity index (χ1v) is 10.4. The van der Waals surface area contributed by atoms with Crippen LogP contribution in [0.1, 0.15) is 16.7 Å². The molecule has 0 saturated heterocycles. The van der Waals surface area contributed by atoms with E-state index in [1.54, 1.807) is 0 Å². The van der Waals surface area contributed by atoms with E-state index in [9.17, 15) is 4.57 Å². The van der Waals surface area contributed by atoms with Crippen LogP contribution < -0.4 is 5.32 Å². The lowest BCUT2D eigenvalue weighted by atomic mass is 10.0. The molecule has 4 nitrogen and oxygen atoms in total. The Hall–Kier alpha value is -2.23. The Labute approximate surface area is 159 Å². The van der Waals surface area contributed by atoms with Crippen LogP contribution in [0.4, 0.5) is 0 Å². The van der Waals surface area contributed by atoms with Crippen molar-refractivity contribution in [3.8, 4) is 11.1 Å². The fourth-order valence-electron chi connectivity index (χ4n) is 3.97. The Morgan fingerprint density at radius 2 is 1.26 bits per heavy atom. The van der Waals surface area contributed by atoms with E-state index < -0.39 is 12.9 Å². The molecule has 0 spiro atoms. The zero-order valence-corrected chi connectivity index (χ0v) is 16.3. The van der Waals surface area contributed by atoms with Crippen molar-refractivity contribution in [3.63, 3.8) is 0 Å². The van der Waals surface area contributed by atoms with Crippen LogP contribution in [0.25, 0.3) is 11.1 Å². The van der Waals surface area contributed by atoms with Crippen LogP contribution in [-0.4, -0.2) is 14.2 Å². The minimum absolute atomic E-state index is 0.528. The number of hydrogen-bond acceptors (Lipinski definition) is 4. The van der Waals surface area contributed by atoms with Gasteiger partial charge in [0.15, 0.2) is 5.28 Å². The highest BCUT2D eigenvalue weighted by Crippen LogP contribution is 2.70. The van der Waals surface area contributed by atoms with Gasteiger partial charge in [-0.25, -0.2) is 0 Å². The predicted octanol–water partition coefficient (Wildman–Crippen LogP) is 5.14. The topological polar surface area (TPSA) is 47.6 Å². The molecule has 0 unspecified atom stereocenters. The molecule has 138 valence electrons. The van der Waals surface area contributed by atoms with Crippen LogP contribution in [0.15, 0.2) is 78.9 Å². The van der Waals surface area contributed by atoms with Gasteiger partial charge in [-0.05, 0) is 27.8 Å². The molecule has 0 heterocycles. The molecule has 1 aliphatic carbocycles. The van der Waals surface area contributed by atoms with Crippen LogP contribution in [0.5, 0.6) is 0 Å². The zero-order valence-electron chi connectivity index (χ0n) is 15.4. The van der Waals surface area contributed by atoms with Crippen molar-refractivity contribution in [2.75, 3.05) is 14.2 Å². The summed E-state index contributed by atoms with van der Waals surface area (Å²) in [6.07, 6.45) is 0. The Balaban J connectivity index is 1.95. The van der Waals surface area contributed by atoms with Crippen molar-refractivity contribution in [1.29, 1.82) is 0 Å². The summed E-state index contributed by atoms with van der Waals surface area (Å²) in [6.45, 7) is 0.528. The van der Waals surface area contributed by atoms with Crippen LogP contribution in [0.2, 0.25) is 0 Å². The summed E-state index contributed by atoms with van der Waals surface area (Å²) in [5, 5.41) is 2.48. The average molecular weight is 379 g/mol. The standard InChI is InChI=1S/C22H22NO3P/c1-25-27(24,26-2)22(23-16-17-10-4-3-5-11-17)20-14-8-6-12-18(20)19-13-7-9-15-21(19)22/h3-15,23H,16H2,1-2H3. The third-order valence-electron chi connectivity index (χ3n) is 5.21. The summed E-state index contributed by atoms with van der Waals surface area (Å²) >= 11 is 0. The largest absolute Gasteiger partial charge is 0.359 e. The van der Waals surface area contributed by atoms with Crippen LogP contribution in [0, 0.1) is 0 Å². The van der Waals surface area contributed by atoms with E-state index in [1.165, 1.54) is 14.2 Å². The van der Waals surface area contributed by atoms with Gasteiger partial charge in [-0.1, -0.05) is 78.9 Å². The minimum atomic E-state index is -3.57. The minimum Gasteiger partial charge on any atom is -0.310 e. The fraction of sp³-hybridized carbons (Fsp3) is 0.182. The third kappa shape index (κ3) is 2.69. The maximum absolute atomic E-state index is 13.9. The second-order valence-corrected chi connectivity index (χ2v) is 8.90. The Bertz CT molecular complexity index is 950. The van der Waals surface area contributed by atoms with Gasteiger partial charge in [0, 0.05) is 20.8 Å². The second-order valence-electron chi connectivity index (χ2n) is 6.50. The first-order valence-electron chi connectivity index (χ1n) is 8.86. The molecule has 0 fully saturated rings. The summed E-state index contributed by atoms with van der Waals surface area (Å²) in [5.41, 5.74) is 5.01. The summed E-state index contributed by atoms with van der Waals surface area (Å²) in [4.78, 5) is 0. The van der Waals surface area contributed by atoms with Crippen molar-refractivity contribution in [2.45, 2.75) is 11.8 Å². The van der Waals surface area contributed by atoms with Gasteiger partial charge in [-0.3, -0.25) is 9.88 Å². The third-order valence-corrected chi connectivity index (χ3v) is 7.63. The molecule has 1 aliphatic rings. The smallest absolute Gasteiger partial charge is 0.310 e. The van der Waals surface area contributed by atoms with Crippen molar-refractivity contribution < 1.29 is 13.6 Å². The molecule has 1 N–H and O–H groups in total. The molecule has 0 amide bonds. The quantitative estimate of drug-likeness (QED) is 0.602. The van der Waals surface area contributed by atoms with Crippen molar-refractivity contribution in [1.82, 2.24) is 5.32 Å². The summed E-state index contributed by atoms with van der Waals surface area (Å²) in [5.74, 6) is 0. The van der Waals surface area contributed by atoms with Crippen LogP contribution in [-0.2, 0) is 25.4 Å². The van der Waals surface area contributed by atoms with E-state index in [-0.39, 0.29) is 0 Å².